The van der Waals surface area contributed by atoms with Crippen molar-refractivity contribution in [3.63, 3.8) is 0 Å². The fraction of sp³-hybridized carbons (Fsp3) is 0.533. The Kier molecular flexibility index (Phi) is 5.42. The lowest BCUT2D eigenvalue weighted by atomic mass is 9.92. The fourth-order valence-corrected chi connectivity index (χ4v) is 2.91. The van der Waals surface area contributed by atoms with Crippen LogP contribution in [-0.2, 0) is 25.6 Å². The first-order valence-electron chi connectivity index (χ1n) is 7.24. The maximum atomic E-state index is 12.2. The molecule has 1 heterocycles. The van der Waals surface area contributed by atoms with Crippen LogP contribution in [0.5, 0.6) is 0 Å². The molecular weight excluding hydrogens is 306 g/mol. The van der Waals surface area contributed by atoms with Crippen LogP contribution in [0.3, 0.4) is 0 Å². The monoisotopic (exact) mass is 327 g/mol. The standard InChI is InChI=1S/C15H21NO5S/c1-3-13-9-14(11-21-22(2,18)19)16(13)15(17)20-10-12-7-5-4-6-8-12/h4-8,13-14H,3,9-11H2,1-2H3/t13-,14-/m0/s1. The van der Waals surface area contributed by atoms with E-state index in [1.165, 1.54) is 0 Å². The number of hydrogen-bond donors (Lipinski definition) is 0. The molecule has 0 unspecified atom stereocenters. The summed E-state index contributed by atoms with van der Waals surface area (Å²) in [6.45, 7) is 2.16. The Morgan fingerprint density at radius 1 is 1.27 bits per heavy atom. The van der Waals surface area contributed by atoms with Gasteiger partial charge >= 0.3 is 6.09 Å². The van der Waals surface area contributed by atoms with E-state index in [0.29, 0.717) is 0 Å². The van der Waals surface area contributed by atoms with E-state index in [1.54, 1.807) is 4.90 Å². The summed E-state index contributed by atoms with van der Waals surface area (Å²) in [6.07, 6.45) is 2.10. The molecule has 6 nitrogen and oxygen atoms in total. The Hall–Kier alpha value is -1.60. The van der Waals surface area contributed by atoms with Crippen molar-refractivity contribution in [2.24, 2.45) is 0 Å². The number of benzene rings is 1. The molecule has 1 saturated heterocycles. The van der Waals surface area contributed by atoms with Crippen LogP contribution < -0.4 is 0 Å². The van der Waals surface area contributed by atoms with E-state index in [1.807, 2.05) is 37.3 Å². The van der Waals surface area contributed by atoms with E-state index in [0.717, 1.165) is 24.7 Å². The van der Waals surface area contributed by atoms with Gasteiger partial charge in [-0.2, -0.15) is 8.42 Å². The third-order valence-electron chi connectivity index (χ3n) is 3.69. The van der Waals surface area contributed by atoms with Gasteiger partial charge in [0.2, 0.25) is 0 Å². The Morgan fingerprint density at radius 2 is 1.95 bits per heavy atom. The predicted molar refractivity (Wildman–Crippen MR) is 81.7 cm³/mol. The van der Waals surface area contributed by atoms with Crippen LogP contribution in [0.2, 0.25) is 0 Å². The maximum Gasteiger partial charge on any atom is 0.410 e. The van der Waals surface area contributed by atoms with Crippen LogP contribution in [0, 0.1) is 0 Å². The van der Waals surface area contributed by atoms with Crippen molar-refractivity contribution in [3.05, 3.63) is 35.9 Å². The van der Waals surface area contributed by atoms with E-state index in [9.17, 15) is 13.2 Å². The van der Waals surface area contributed by atoms with Crippen LogP contribution in [0.1, 0.15) is 25.3 Å². The van der Waals surface area contributed by atoms with Gasteiger partial charge in [0.1, 0.15) is 6.61 Å². The van der Waals surface area contributed by atoms with Crippen molar-refractivity contribution < 1.29 is 22.1 Å². The minimum atomic E-state index is -3.50. The highest BCUT2D eigenvalue weighted by Gasteiger charge is 2.42. The molecule has 0 saturated carbocycles. The predicted octanol–water partition coefficient (Wildman–Crippen LogP) is 2.15. The summed E-state index contributed by atoms with van der Waals surface area (Å²) in [6, 6.07) is 9.25. The summed E-state index contributed by atoms with van der Waals surface area (Å²) in [5.74, 6) is 0. The Balaban J connectivity index is 1.90. The number of carbonyl (C=O) groups excluding carboxylic acids is 1. The molecule has 0 aliphatic carbocycles. The molecule has 2 atom stereocenters. The fourth-order valence-electron chi connectivity index (χ4n) is 2.51. The van der Waals surface area contributed by atoms with Crippen LogP contribution in [0.15, 0.2) is 30.3 Å². The van der Waals surface area contributed by atoms with Crippen molar-refractivity contribution in [2.45, 2.75) is 38.5 Å². The molecule has 1 amide bonds. The number of amides is 1. The molecular formula is C15H21NO5S. The summed E-state index contributed by atoms with van der Waals surface area (Å²) in [7, 11) is -3.50. The SMILES string of the molecule is CC[C@H]1C[C@@H](COS(C)(=O)=O)N1C(=O)OCc1ccccc1. The zero-order valence-corrected chi connectivity index (χ0v) is 13.6. The molecule has 0 N–H and O–H groups in total. The topological polar surface area (TPSA) is 72.9 Å². The second-order valence-electron chi connectivity index (χ2n) is 5.39. The van der Waals surface area contributed by atoms with Gasteiger partial charge in [-0.05, 0) is 18.4 Å². The van der Waals surface area contributed by atoms with Crippen molar-refractivity contribution in [1.82, 2.24) is 4.90 Å². The van der Waals surface area contributed by atoms with E-state index >= 15 is 0 Å². The van der Waals surface area contributed by atoms with E-state index < -0.39 is 16.2 Å². The van der Waals surface area contributed by atoms with Gasteiger partial charge in [0.05, 0.1) is 18.9 Å². The number of carbonyl (C=O) groups is 1. The summed E-state index contributed by atoms with van der Waals surface area (Å²) in [5, 5.41) is 0. The Morgan fingerprint density at radius 3 is 2.55 bits per heavy atom. The summed E-state index contributed by atoms with van der Waals surface area (Å²) < 4.78 is 32.2. The molecule has 7 heteroatoms. The molecule has 122 valence electrons. The van der Waals surface area contributed by atoms with Gasteiger partial charge in [-0.1, -0.05) is 37.3 Å². The molecule has 1 aliphatic rings. The van der Waals surface area contributed by atoms with Crippen molar-refractivity contribution in [2.75, 3.05) is 12.9 Å². The lowest BCUT2D eigenvalue weighted by Crippen LogP contribution is -2.60. The van der Waals surface area contributed by atoms with Gasteiger partial charge in [-0.15, -0.1) is 0 Å². The number of rotatable bonds is 6. The van der Waals surface area contributed by atoms with Gasteiger partial charge < -0.3 is 4.74 Å². The third kappa shape index (κ3) is 4.45. The average Bonchev–Trinajstić information content (AvgIpc) is 2.44. The molecule has 0 spiro atoms. The summed E-state index contributed by atoms with van der Waals surface area (Å²) in [4.78, 5) is 13.8. The number of nitrogens with zero attached hydrogens (tertiary/aromatic N) is 1. The molecule has 0 aromatic heterocycles. The molecule has 1 aromatic carbocycles. The Bertz CT molecular complexity index is 602. The maximum absolute atomic E-state index is 12.2. The largest absolute Gasteiger partial charge is 0.445 e. The first kappa shape index (κ1) is 16.8. The van der Waals surface area contributed by atoms with Gasteiger partial charge in [-0.25, -0.2) is 4.79 Å². The zero-order valence-electron chi connectivity index (χ0n) is 12.8. The molecule has 1 aliphatic heterocycles. The van der Waals surface area contributed by atoms with Gasteiger partial charge in [0.15, 0.2) is 0 Å². The number of ether oxygens (including phenoxy) is 1. The lowest BCUT2D eigenvalue weighted by Gasteiger charge is -2.47. The smallest absolute Gasteiger partial charge is 0.410 e. The molecule has 0 radical (unpaired) electrons. The minimum Gasteiger partial charge on any atom is -0.445 e. The molecule has 0 bridgehead atoms. The normalized spacial score (nSPS) is 21.3. The second-order valence-corrected chi connectivity index (χ2v) is 7.03. The Labute approximate surface area is 131 Å². The highest BCUT2D eigenvalue weighted by Crippen LogP contribution is 2.29. The summed E-state index contributed by atoms with van der Waals surface area (Å²) in [5.41, 5.74) is 0.911. The van der Waals surface area contributed by atoms with Crippen LogP contribution in [0.4, 0.5) is 4.79 Å². The van der Waals surface area contributed by atoms with Crippen LogP contribution in [-0.4, -0.2) is 44.4 Å². The quantitative estimate of drug-likeness (QED) is 0.749. The second kappa shape index (κ2) is 7.11. The van der Waals surface area contributed by atoms with E-state index in [2.05, 4.69) is 0 Å². The van der Waals surface area contributed by atoms with Crippen molar-refractivity contribution in [1.29, 1.82) is 0 Å². The van der Waals surface area contributed by atoms with E-state index in [-0.39, 0.29) is 25.3 Å². The van der Waals surface area contributed by atoms with Gasteiger partial charge in [0, 0.05) is 6.04 Å². The third-order valence-corrected chi connectivity index (χ3v) is 4.26. The van der Waals surface area contributed by atoms with Crippen molar-refractivity contribution >= 4 is 16.2 Å². The zero-order chi connectivity index (χ0) is 16.2. The van der Waals surface area contributed by atoms with Crippen molar-refractivity contribution in [3.8, 4) is 0 Å². The average molecular weight is 327 g/mol. The number of likely N-dealkylation sites (tertiary alicyclic amines) is 1. The molecule has 1 fully saturated rings. The van der Waals surface area contributed by atoms with Gasteiger partial charge in [-0.3, -0.25) is 9.08 Å². The lowest BCUT2D eigenvalue weighted by molar-refractivity contribution is -0.0150. The van der Waals surface area contributed by atoms with Crippen LogP contribution >= 0.6 is 0 Å². The minimum absolute atomic E-state index is 0.0181. The molecule has 2 rings (SSSR count). The van der Waals surface area contributed by atoms with E-state index in [4.69, 9.17) is 8.92 Å². The highest BCUT2D eigenvalue weighted by atomic mass is 32.2. The summed E-state index contributed by atoms with van der Waals surface area (Å²) >= 11 is 0. The molecule has 22 heavy (non-hydrogen) atoms. The molecule has 1 aromatic rings. The van der Waals surface area contributed by atoms with Crippen LogP contribution in [0.25, 0.3) is 0 Å². The highest BCUT2D eigenvalue weighted by molar-refractivity contribution is 7.85. The first-order chi connectivity index (χ1) is 10.4. The van der Waals surface area contributed by atoms with Gasteiger partial charge in [0.25, 0.3) is 10.1 Å². The first-order valence-corrected chi connectivity index (χ1v) is 9.05. The number of hydrogen-bond acceptors (Lipinski definition) is 5.